The summed E-state index contributed by atoms with van der Waals surface area (Å²) in [7, 11) is 1.58. The van der Waals surface area contributed by atoms with E-state index in [9.17, 15) is 9.18 Å². The summed E-state index contributed by atoms with van der Waals surface area (Å²) in [6.07, 6.45) is 5.60. The molecule has 1 aromatic rings. The fraction of sp³-hybridized carbons (Fsp3) is 0.600. The lowest BCUT2D eigenvalue weighted by atomic mass is 9.75. The second-order valence-corrected chi connectivity index (χ2v) is 6.20. The van der Waals surface area contributed by atoms with Crippen LogP contribution in [0.25, 0.3) is 0 Å². The molecule has 1 aromatic heterocycles. The minimum Gasteiger partial charge on any atom is -0.371 e. The Labute approximate surface area is 119 Å². The molecule has 1 unspecified atom stereocenters. The second kappa shape index (κ2) is 5.77. The molecule has 1 amide bonds. The maximum Gasteiger partial charge on any atom is 0.254 e. The molecule has 1 atom stereocenters. The quantitative estimate of drug-likeness (QED) is 0.894. The van der Waals surface area contributed by atoms with Gasteiger partial charge in [0.1, 0.15) is 0 Å². The van der Waals surface area contributed by atoms with E-state index in [2.05, 4.69) is 29.5 Å². The van der Waals surface area contributed by atoms with E-state index in [0.717, 1.165) is 19.3 Å². The smallest absolute Gasteiger partial charge is 0.254 e. The van der Waals surface area contributed by atoms with Gasteiger partial charge in [-0.15, -0.1) is 0 Å². The Hall–Kier alpha value is -1.65. The average Bonchev–Trinajstić information content (AvgIpc) is 2.37. The Bertz CT molecular complexity index is 502. The number of nitrogens with zero attached hydrogens (tertiary/aromatic N) is 1. The highest BCUT2D eigenvalue weighted by molar-refractivity contribution is 5.95. The molecule has 2 N–H and O–H groups in total. The van der Waals surface area contributed by atoms with Gasteiger partial charge in [0.15, 0.2) is 11.6 Å². The van der Waals surface area contributed by atoms with Crippen LogP contribution in [0.2, 0.25) is 0 Å². The normalized spacial score (nSPS) is 21.3. The molecule has 0 radical (unpaired) electrons. The maximum atomic E-state index is 14.0. The predicted molar refractivity (Wildman–Crippen MR) is 77.2 cm³/mol. The second-order valence-electron chi connectivity index (χ2n) is 6.20. The Morgan fingerprint density at radius 2 is 2.25 bits per heavy atom. The molecule has 2 rings (SSSR count). The summed E-state index contributed by atoms with van der Waals surface area (Å²) >= 11 is 0. The Balaban J connectivity index is 2.09. The van der Waals surface area contributed by atoms with Gasteiger partial charge in [0.05, 0.1) is 5.56 Å². The molecule has 1 fully saturated rings. The SMILES string of the molecule is CNc1nccc(C(=O)NC2CCCC(C)(C)C2)c1F. The molecule has 0 saturated heterocycles. The van der Waals surface area contributed by atoms with Crippen LogP contribution in [0.4, 0.5) is 10.2 Å². The standard InChI is InChI=1S/C15H22FN3O/c1-15(2)7-4-5-10(9-15)19-14(20)11-6-8-18-13(17-3)12(11)16/h6,8,10H,4-5,7,9H2,1-3H3,(H,17,18)(H,19,20). The third-order valence-electron chi connectivity index (χ3n) is 3.91. The van der Waals surface area contributed by atoms with Crippen molar-refractivity contribution >= 4 is 11.7 Å². The number of anilines is 1. The first-order valence-electron chi connectivity index (χ1n) is 7.06. The average molecular weight is 279 g/mol. The van der Waals surface area contributed by atoms with Crippen LogP contribution in [0.5, 0.6) is 0 Å². The molecule has 0 spiro atoms. The molecule has 1 saturated carbocycles. The molecule has 0 aliphatic heterocycles. The number of amides is 1. The summed E-state index contributed by atoms with van der Waals surface area (Å²) < 4.78 is 14.0. The molecular weight excluding hydrogens is 257 g/mol. The summed E-state index contributed by atoms with van der Waals surface area (Å²) in [5.74, 6) is -0.853. The predicted octanol–water partition coefficient (Wildman–Crippen LogP) is 2.96. The van der Waals surface area contributed by atoms with Gasteiger partial charge < -0.3 is 10.6 Å². The Kier molecular flexibility index (Phi) is 4.26. The van der Waals surface area contributed by atoms with Crippen molar-refractivity contribution in [2.75, 3.05) is 12.4 Å². The molecule has 110 valence electrons. The number of rotatable bonds is 3. The number of carbonyl (C=O) groups excluding carboxylic acids is 1. The van der Waals surface area contributed by atoms with Crippen LogP contribution < -0.4 is 10.6 Å². The number of carbonyl (C=O) groups is 1. The first kappa shape index (κ1) is 14.8. The summed E-state index contributed by atoms with van der Waals surface area (Å²) in [5.41, 5.74) is 0.288. The fourth-order valence-corrected chi connectivity index (χ4v) is 2.88. The fourth-order valence-electron chi connectivity index (χ4n) is 2.88. The topological polar surface area (TPSA) is 54.0 Å². The summed E-state index contributed by atoms with van der Waals surface area (Å²) in [6, 6.07) is 1.54. The zero-order valence-electron chi connectivity index (χ0n) is 12.3. The third kappa shape index (κ3) is 3.26. The van der Waals surface area contributed by atoms with Gasteiger partial charge in [0.25, 0.3) is 5.91 Å². The number of nitrogens with one attached hydrogen (secondary N) is 2. The lowest BCUT2D eigenvalue weighted by Gasteiger charge is -2.35. The van der Waals surface area contributed by atoms with Gasteiger partial charge in [-0.3, -0.25) is 4.79 Å². The van der Waals surface area contributed by atoms with E-state index in [0.29, 0.717) is 0 Å². The Morgan fingerprint density at radius 3 is 2.90 bits per heavy atom. The maximum absolute atomic E-state index is 14.0. The van der Waals surface area contributed by atoms with E-state index < -0.39 is 5.82 Å². The molecule has 1 aliphatic carbocycles. The molecule has 1 aliphatic rings. The van der Waals surface area contributed by atoms with Gasteiger partial charge in [0, 0.05) is 19.3 Å². The Morgan fingerprint density at radius 1 is 1.50 bits per heavy atom. The first-order valence-corrected chi connectivity index (χ1v) is 7.06. The van der Waals surface area contributed by atoms with E-state index in [1.54, 1.807) is 7.05 Å². The van der Waals surface area contributed by atoms with Crippen LogP contribution in [-0.4, -0.2) is 24.0 Å². The van der Waals surface area contributed by atoms with Crippen molar-refractivity contribution < 1.29 is 9.18 Å². The molecule has 0 bridgehead atoms. The molecule has 1 heterocycles. The van der Waals surface area contributed by atoms with Crippen LogP contribution in [0, 0.1) is 11.2 Å². The van der Waals surface area contributed by atoms with Gasteiger partial charge in [-0.05, 0) is 30.7 Å². The zero-order chi connectivity index (χ0) is 14.8. The lowest BCUT2D eigenvalue weighted by molar-refractivity contribution is 0.0898. The number of aromatic nitrogens is 1. The highest BCUT2D eigenvalue weighted by atomic mass is 19.1. The van der Waals surface area contributed by atoms with Gasteiger partial charge in [-0.1, -0.05) is 20.3 Å². The van der Waals surface area contributed by atoms with E-state index in [4.69, 9.17) is 0 Å². The third-order valence-corrected chi connectivity index (χ3v) is 3.91. The van der Waals surface area contributed by atoms with Gasteiger partial charge >= 0.3 is 0 Å². The molecule has 4 nitrogen and oxygen atoms in total. The van der Waals surface area contributed by atoms with Crippen LogP contribution in [0.15, 0.2) is 12.3 Å². The number of hydrogen-bond donors (Lipinski definition) is 2. The van der Waals surface area contributed by atoms with Gasteiger partial charge in [-0.25, -0.2) is 9.37 Å². The van der Waals surface area contributed by atoms with Crippen LogP contribution in [-0.2, 0) is 0 Å². The van der Waals surface area contributed by atoms with Crippen molar-refractivity contribution in [3.8, 4) is 0 Å². The molecule has 5 heteroatoms. The van der Waals surface area contributed by atoms with E-state index in [-0.39, 0.29) is 28.7 Å². The highest BCUT2D eigenvalue weighted by Gasteiger charge is 2.29. The molecule has 0 aromatic carbocycles. The summed E-state index contributed by atoms with van der Waals surface area (Å²) in [6.45, 7) is 4.41. The van der Waals surface area contributed by atoms with Crippen molar-refractivity contribution in [2.24, 2.45) is 5.41 Å². The monoisotopic (exact) mass is 279 g/mol. The molecule has 20 heavy (non-hydrogen) atoms. The lowest BCUT2D eigenvalue weighted by Crippen LogP contribution is -2.41. The van der Waals surface area contributed by atoms with Crippen molar-refractivity contribution in [3.05, 3.63) is 23.6 Å². The highest BCUT2D eigenvalue weighted by Crippen LogP contribution is 2.35. The van der Waals surface area contributed by atoms with Crippen molar-refractivity contribution in [3.63, 3.8) is 0 Å². The minimum absolute atomic E-state index is 0.0488. The van der Waals surface area contributed by atoms with E-state index in [1.165, 1.54) is 18.7 Å². The number of halogens is 1. The van der Waals surface area contributed by atoms with E-state index in [1.807, 2.05) is 0 Å². The molecular formula is C15H22FN3O. The van der Waals surface area contributed by atoms with Gasteiger partial charge in [-0.2, -0.15) is 0 Å². The van der Waals surface area contributed by atoms with Gasteiger partial charge in [0.2, 0.25) is 0 Å². The van der Waals surface area contributed by atoms with Crippen molar-refractivity contribution in [2.45, 2.75) is 45.6 Å². The number of hydrogen-bond acceptors (Lipinski definition) is 3. The minimum atomic E-state index is -0.595. The summed E-state index contributed by atoms with van der Waals surface area (Å²) in [4.78, 5) is 16.0. The first-order chi connectivity index (χ1) is 9.43. The van der Waals surface area contributed by atoms with E-state index >= 15 is 0 Å². The summed E-state index contributed by atoms with van der Waals surface area (Å²) in [5, 5.41) is 5.59. The largest absolute Gasteiger partial charge is 0.371 e. The van der Waals surface area contributed by atoms with Crippen LogP contribution >= 0.6 is 0 Å². The zero-order valence-corrected chi connectivity index (χ0v) is 12.3. The van der Waals surface area contributed by atoms with Crippen molar-refractivity contribution in [1.82, 2.24) is 10.3 Å². The van der Waals surface area contributed by atoms with Crippen LogP contribution in [0.3, 0.4) is 0 Å². The van der Waals surface area contributed by atoms with Crippen molar-refractivity contribution in [1.29, 1.82) is 0 Å². The van der Waals surface area contributed by atoms with Crippen LogP contribution in [0.1, 0.15) is 49.9 Å². The number of pyridine rings is 1.